The van der Waals surface area contributed by atoms with E-state index in [1.807, 2.05) is 6.92 Å². The lowest BCUT2D eigenvalue weighted by atomic mass is 10.4. The van der Waals surface area contributed by atoms with Crippen molar-refractivity contribution in [1.82, 2.24) is 0 Å². The minimum atomic E-state index is -4.41. The van der Waals surface area contributed by atoms with Gasteiger partial charge in [-0.25, -0.2) is 4.74 Å². The molecule has 6 nitrogen and oxygen atoms in total. The topological polar surface area (TPSA) is 93.6 Å². The fourth-order valence-corrected chi connectivity index (χ4v) is 1.65. The molecule has 0 saturated carbocycles. The SMILES string of the molecule is CCC[N+]([O-])=Cc1ccoc1S(=O)(=O)O. The minimum absolute atomic E-state index is 0.0425. The van der Waals surface area contributed by atoms with Crippen molar-refractivity contribution in [3.05, 3.63) is 23.1 Å². The first-order valence-electron chi connectivity index (χ1n) is 4.28. The van der Waals surface area contributed by atoms with E-state index in [0.29, 0.717) is 11.2 Å². The second-order valence-electron chi connectivity index (χ2n) is 2.91. The first-order chi connectivity index (χ1) is 6.95. The van der Waals surface area contributed by atoms with Gasteiger partial charge in [0, 0.05) is 6.42 Å². The van der Waals surface area contributed by atoms with E-state index in [1.165, 1.54) is 6.07 Å². The van der Waals surface area contributed by atoms with E-state index in [-0.39, 0.29) is 12.1 Å². The van der Waals surface area contributed by atoms with E-state index in [4.69, 9.17) is 4.55 Å². The Balaban J connectivity index is 3.07. The fourth-order valence-electron chi connectivity index (χ4n) is 1.05. The van der Waals surface area contributed by atoms with Gasteiger partial charge < -0.3 is 9.62 Å². The van der Waals surface area contributed by atoms with Crippen molar-refractivity contribution >= 4 is 16.3 Å². The molecule has 0 unspecified atom stereocenters. The number of hydroxylamine groups is 1. The van der Waals surface area contributed by atoms with Crippen molar-refractivity contribution in [2.24, 2.45) is 0 Å². The van der Waals surface area contributed by atoms with Crippen LogP contribution in [0.5, 0.6) is 0 Å². The monoisotopic (exact) mass is 233 g/mol. The van der Waals surface area contributed by atoms with Gasteiger partial charge in [-0.1, -0.05) is 6.92 Å². The van der Waals surface area contributed by atoms with Gasteiger partial charge in [0.1, 0.15) is 0 Å². The third kappa shape index (κ3) is 3.07. The third-order valence-corrected chi connectivity index (χ3v) is 2.42. The van der Waals surface area contributed by atoms with Crippen LogP contribution in [-0.2, 0) is 10.1 Å². The Hall–Kier alpha value is -1.34. The third-order valence-electron chi connectivity index (χ3n) is 1.62. The zero-order valence-electron chi connectivity index (χ0n) is 8.08. The lowest BCUT2D eigenvalue weighted by molar-refractivity contribution is -0.452. The number of hydrogen-bond donors (Lipinski definition) is 1. The molecule has 0 aliphatic rings. The van der Waals surface area contributed by atoms with Crippen LogP contribution in [0.3, 0.4) is 0 Å². The van der Waals surface area contributed by atoms with Gasteiger partial charge in [0.2, 0.25) is 0 Å². The molecular weight excluding hydrogens is 222 g/mol. The van der Waals surface area contributed by atoms with Crippen LogP contribution in [0.2, 0.25) is 0 Å². The Kier molecular flexibility index (Phi) is 3.48. The molecule has 0 radical (unpaired) electrons. The lowest BCUT2D eigenvalue weighted by Gasteiger charge is -2.00. The van der Waals surface area contributed by atoms with E-state index in [9.17, 15) is 13.6 Å². The standard InChI is InChI=1S/C8H11NO5S/c1-2-4-9(10)6-7-3-5-14-8(7)15(11,12)13/h3,5-6H,2,4H2,1H3,(H,11,12,13). The van der Waals surface area contributed by atoms with Crippen molar-refractivity contribution in [3.63, 3.8) is 0 Å². The van der Waals surface area contributed by atoms with E-state index in [0.717, 1.165) is 12.5 Å². The number of hydrogen-bond acceptors (Lipinski definition) is 4. The average molecular weight is 233 g/mol. The molecule has 1 rings (SSSR count). The molecular formula is C8H11NO5S. The summed E-state index contributed by atoms with van der Waals surface area (Å²) < 4.78 is 35.4. The fraction of sp³-hybridized carbons (Fsp3) is 0.375. The van der Waals surface area contributed by atoms with Crippen LogP contribution < -0.4 is 0 Å². The molecule has 1 aromatic rings. The summed E-state index contributed by atoms with van der Waals surface area (Å²) in [7, 11) is -4.41. The van der Waals surface area contributed by atoms with E-state index >= 15 is 0 Å². The summed E-state index contributed by atoms with van der Waals surface area (Å²) in [4.78, 5) is 0. The molecule has 0 aromatic carbocycles. The predicted molar refractivity (Wildman–Crippen MR) is 52.5 cm³/mol. The van der Waals surface area contributed by atoms with Crippen molar-refractivity contribution in [2.75, 3.05) is 6.54 Å². The van der Waals surface area contributed by atoms with Gasteiger partial charge in [0.15, 0.2) is 12.8 Å². The minimum Gasteiger partial charge on any atom is -0.624 e. The van der Waals surface area contributed by atoms with Crippen molar-refractivity contribution in [2.45, 2.75) is 18.4 Å². The van der Waals surface area contributed by atoms with E-state index in [1.54, 1.807) is 0 Å². The summed E-state index contributed by atoms with van der Waals surface area (Å²) in [5.41, 5.74) is 0.0425. The van der Waals surface area contributed by atoms with Crippen molar-refractivity contribution in [1.29, 1.82) is 0 Å². The average Bonchev–Trinajstić information content (AvgIpc) is 2.51. The highest BCUT2D eigenvalue weighted by atomic mass is 32.2. The molecule has 0 amide bonds. The molecule has 0 aliphatic heterocycles. The smallest absolute Gasteiger partial charge is 0.329 e. The normalized spacial score (nSPS) is 13.1. The molecule has 7 heteroatoms. The Morgan fingerprint density at radius 3 is 2.87 bits per heavy atom. The first kappa shape index (κ1) is 11.7. The Labute approximate surface area is 87.2 Å². The molecule has 1 aromatic heterocycles. The van der Waals surface area contributed by atoms with Crippen molar-refractivity contribution in [3.8, 4) is 0 Å². The van der Waals surface area contributed by atoms with Crippen LogP contribution in [-0.4, -0.2) is 30.5 Å². The second kappa shape index (κ2) is 4.45. The molecule has 0 fully saturated rings. The molecule has 1 N–H and O–H groups in total. The van der Waals surface area contributed by atoms with Gasteiger partial charge >= 0.3 is 10.1 Å². The molecule has 0 atom stereocenters. The zero-order valence-corrected chi connectivity index (χ0v) is 8.90. The number of furan rings is 1. The van der Waals surface area contributed by atoms with Gasteiger partial charge in [-0.3, -0.25) is 4.55 Å². The van der Waals surface area contributed by atoms with Crippen LogP contribution in [0.25, 0.3) is 0 Å². The highest BCUT2D eigenvalue weighted by Gasteiger charge is 2.20. The van der Waals surface area contributed by atoms with Crippen LogP contribution in [0.1, 0.15) is 18.9 Å². The van der Waals surface area contributed by atoms with Crippen LogP contribution in [0.4, 0.5) is 0 Å². The van der Waals surface area contributed by atoms with E-state index < -0.39 is 15.2 Å². The van der Waals surface area contributed by atoms with Gasteiger partial charge in [0.05, 0.1) is 11.8 Å². The molecule has 0 bridgehead atoms. The maximum absolute atomic E-state index is 11.1. The molecule has 15 heavy (non-hydrogen) atoms. The zero-order chi connectivity index (χ0) is 11.5. The van der Waals surface area contributed by atoms with Crippen LogP contribution in [0, 0.1) is 5.21 Å². The van der Waals surface area contributed by atoms with Gasteiger partial charge in [0.25, 0.3) is 5.09 Å². The van der Waals surface area contributed by atoms with Crippen LogP contribution in [0.15, 0.2) is 21.8 Å². The maximum atomic E-state index is 11.1. The summed E-state index contributed by atoms with van der Waals surface area (Å²) in [6.45, 7) is 2.06. The highest BCUT2D eigenvalue weighted by Crippen LogP contribution is 2.14. The van der Waals surface area contributed by atoms with Crippen LogP contribution >= 0.6 is 0 Å². The lowest BCUT2D eigenvalue weighted by Crippen LogP contribution is -2.08. The van der Waals surface area contributed by atoms with Crippen molar-refractivity contribution < 1.29 is 22.1 Å². The number of nitrogens with zero attached hydrogens (tertiary/aromatic N) is 1. The second-order valence-corrected chi connectivity index (χ2v) is 4.23. The Bertz CT molecular complexity index is 459. The molecule has 0 aliphatic carbocycles. The Morgan fingerprint density at radius 1 is 1.67 bits per heavy atom. The largest absolute Gasteiger partial charge is 0.624 e. The van der Waals surface area contributed by atoms with Gasteiger partial charge in [-0.15, -0.1) is 0 Å². The quantitative estimate of drug-likeness (QED) is 0.274. The summed E-state index contributed by atoms with van der Waals surface area (Å²) in [6, 6.07) is 1.30. The molecule has 1 heterocycles. The summed E-state index contributed by atoms with van der Waals surface area (Å²) in [5.74, 6) is 0. The maximum Gasteiger partial charge on any atom is 0.329 e. The molecule has 0 spiro atoms. The summed E-state index contributed by atoms with van der Waals surface area (Å²) >= 11 is 0. The first-order valence-corrected chi connectivity index (χ1v) is 5.72. The number of rotatable bonds is 4. The highest BCUT2D eigenvalue weighted by molar-refractivity contribution is 7.85. The van der Waals surface area contributed by atoms with Gasteiger partial charge in [-0.2, -0.15) is 8.42 Å². The molecule has 0 saturated heterocycles. The molecule has 84 valence electrons. The summed E-state index contributed by atoms with van der Waals surface area (Å²) in [5, 5.41) is 10.5. The predicted octanol–water partition coefficient (Wildman–Crippen LogP) is 0.865. The van der Waals surface area contributed by atoms with E-state index in [2.05, 4.69) is 4.42 Å². The summed E-state index contributed by atoms with van der Waals surface area (Å²) in [6.07, 6.45) is 2.80. The van der Waals surface area contributed by atoms with Gasteiger partial charge in [-0.05, 0) is 6.07 Å². The Morgan fingerprint density at radius 2 is 2.33 bits per heavy atom.